The second-order valence-corrected chi connectivity index (χ2v) is 7.84. The summed E-state index contributed by atoms with van der Waals surface area (Å²) >= 11 is 0. The third-order valence-electron chi connectivity index (χ3n) is 4.13. The van der Waals surface area contributed by atoms with E-state index in [0.717, 1.165) is 12.8 Å². The predicted molar refractivity (Wildman–Crippen MR) is 81.5 cm³/mol. The first-order valence-electron chi connectivity index (χ1n) is 7.12. The maximum Gasteiger partial charge on any atom is 0.251 e. The van der Waals surface area contributed by atoms with Crippen LogP contribution in [-0.2, 0) is 10.0 Å². The summed E-state index contributed by atoms with van der Waals surface area (Å²) < 4.78 is 22.8. The van der Waals surface area contributed by atoms with E-state index in [1.807, 2.05) is 0 Å². The number of hydrogen-bond acceptors (Lipinski definition) is 3. The molecule has 0 saturated heterocycles. The SMILES string of the molecule is Cc1cc(C(=O)NCC2(C)CCCC2)cc(S(N)(=O)=O)c1. The third-order valence-corrected chi connectivity index (χ3v) is 5.02. The van der Waals surface area contributed by atoms with Crippen LogP contribution in [0.4, 0.5) is 0 Å². The number of aryl methyl sites for hydroxylation is 1. The first kappa shape index (κ1) is 16.0. The number of benzene rings is 1. The summed E-state index contributed by atoms with van der Waals surface area (Å²) in [6.07, 6.45) is 4.63. The molecule has 21 heavy (non-hydrogen) atoms. The van der Waals surface area contributed by atoms with E-state index in [9.17, 15) is 13.2 Å². The van der Waals surface area contributed by atoms with E-state index in [-0.39, 0.29) is 16.2 Å². The number of carbonyl (C=O) groups excluding carboxylic acids is 1. The van der Waals surface area contributed by atoms with Crippen LogP contribution in [0, 0.1) is 12.3 Å². The molecule has 1 aromatic rings. The summed E-state index contributed by atoms with van der Waals surface area (Å²) in [7, 11) is -3.80. The van der Waals surface area contributed by atoms with Gasteiger partial charge in [-0.2, -0.15) is 0 Å². The van der Waals surface area contributed by atoms with Gasteiger partial charge in [-0.05, 0) is 48.9 Å². The third kappa shape index (κ3) is 4.04. The van der Waals surface area contributed by atoms with E-state index in [2.05, 4.69) is 12.2 Å². The van der Waals surface area contributed by atoms with Crippen molar-refractivity contribution in [1.82, 2.24) is 5.32 Å². The van der Waals surface area contributed by atoms with Gasteiger partial charge in [0.15, 0.2) is 0 Å². The van der Waals surface area contributed by atoms with Crippen LogP contribution in [-0.4, -0.2) is 20.9 Å². The number of primary sulfonamides is 1. The minimum atomic E-state index is -3.80. The molecule has 116 valence electrons. The largest absolute Gasteiger partial charge is 0.351 e. The highest BCUT2D eigenvalue weighted by Crippen LogP contribution is 2.36. The number of sulfonamides is 1. The molecular formula is C15H22N2O3S. The molecule has 6 heteroatoms. The van der Waals surface area contributed by atoms with Gasteiger partial charge in [0.05, 0.1) is 4.90 Å². The van der Waals surface area contributed by atoms with Crippen molar-refractivity contribution in [1.29, 1.82) is 0 Å². The van der Waals surface area contributed by atoms with Crippen molar-refractivity contribution in [3.8, 4) is 0 Å². The van der Waals surface area contributed by atoms with Crippen molar-refractivity contribution >= 4 is 15.9 Å². The van der Waals surface area contributed by atoms with Gasteiger partial charge in [-0.1, -0.05) is 19.8 Å². The van der Waals surface area contributed by atoms with Gasteiger partial charge in [-0.15, -0.1) is 0 Å². The van der Waals surface area contributed by atoms with Crippen molar-refractivity contribution in [2.24, 2.45) is 10.6 Å². The molecule has 2 rings (SSSR count). The highest BCUT2D eigenvalue weighted by atomic mass is 32.2. The van der Waals surface area contributed by atoms with Crippen LogP contribution >= 0.6 is 0 Å². The van der Waals surface area contributed by atoms with Crippen LogP contribution in [0.1, 0.15) is 48.5 Å². The Morgan fingerprint density at radius 1 is 1.29 bits per heavy atom. The lowest BCUT2D eigenvalue weighted by atomic mass is 9.89. The average Bonchev–Trinajstić information content (AvgIpc) is 2.82. The standard InChI is InChI=1S/C15H22N2O3S/c1-11-7-12(9-13(8-11)21(16,19)20)14(18)17-10-15(2)5-3-4-6-15/h7-9H,3-6,10H2,1-2H3,(H,17,18)(H2,16,19,20). The van der Waals surface area contributed by atoms with Crippen LogP contribution in [0.2, 0.25) is 0 Å². The topological polar surface area (TPSA) is 89.3 Å². The molecule has 1 saturated carbocycles. The molecule has 1 fully saturated rings. The van der Waals surface area contributed by atoms with Gasteiger partial charge >= 0.3 is 0 Å². The second-order valence-electron chi connectivity index (χ2n) is 6.28. The molecular weight excluding hydrogens is 288 g/mol. The van der Waals surface area contributed by atoms with E-state index < -0.39 is 10.0 Å². The first-order chi connectivity index (χ1) is 9.70. The molecule has 0 heterocycles. The minimum absolute atomic E-state index is 0.0280. The van der Waals surface area contributed by atoms with Gasteiger partial charge in [0.25, 0.3) is 5.91 Å². The Hall–Kier alpha value is -1.40. The summed E-state index contributed by atoms with van der Waals surface area (Å²) in [4.78, 5) is 12.2. The quantitative estimate of drug-likeness (QED) is 0.890. The van der Waals surface area contributed by atoms with Gasteiger partial charge < -0.3 is 5.32 Å². The molecule has 0 spiro atoms. The molecule has 0 unspecified atom stereocenters. The van der Waals surface area contributed by atoms with Crippen LogP contribution in [0.15, 0.2) is 23.1 Å². The Balaban J connectivity index is 2.14. The van der Waals surface area contributed by atoms with Crippen LogP contribution < -0.4 is 10.5 Å². The Kier molecular flexibility index (Phi) is 4.39. The van der Waals surface area contributed by atoms with Gasteiger partial charge in [0.2, 0.25) is 10.0 Å². The molecule has 1 aliphatic carbocycles. The lowest BCUT2D eigenvalue weighted by Gasteiger charge is -2.23. The van der Waals surface area contributed by atoms with Crippen LogP contribution in [0.5, 0.6) is 0 Å². The molecule has 0 bridgehead atoms. The summed E-state index contributed by atoms with van der Waals surface area (Å²) in [6, 6.07) is 4.46. The van der Waals surface area contributed by atoms with E-state index in [1.54, 1.807) is 13.0 Å². The summed E-state index contributed by atoms with van der Waals surface area (Å²) in [5.41, 5.74) is 1.18. The molecule has 1 aliphatic rings. The van der Waals surface area contributed by atoms with Crippen LogP contribution in [0.25, 0.3) is 0 Å². The average molecular weight is 310 g/mol. The van der Waals surface area contributed by atoms with Gasteiger partial charge in [0.1, 0.15) is 0 Å². The lowest BCUT2D eigenvalue weighted by Crippen LogP contribution is -2.34. The molecule has 3 N–H and O–H groups in total. The van der Waals surface area contributed by atoms with E-state index in [1.165, 1.54) is 25.0 Å². The zero-order valence-corrected chi connectivity index (χ0v) is 13.3. The minimum Gasteiger partial charge on any atom is -0.351 e. The Morgan fingerprint density at radius 3 is 2.48 bits per heavy atom. The van der Waals surface area contributed by atoms with Crippen molar-refractivity contribution in [3.05, 3.63) is 29.3 Å². The van der Waals surface area contributed by atoms with Gasteiger partial charge in [-0.3, -0.25) is 4.79 Å². The summed E-state index contributed by atoms with van der Waals surface area (Å²) in [5, 5.41) is 8.04. The van der Waals surface area contributed by atoms with Gasteiger partial charge in [-0.25, -0.2) is 13.6 Å². The number of carbonyl (C=O) groups is 1. The number of nitrogens with one attached hydrogen (secondary N) is 1. The summed E-state index contributed by atoms with van der Waals surface area (Å²) in [6.45, 7) is 4.53. The first-order valence-corrected chi connectivity index (χ1v) is 8.67. The zero-order valence-electron chi connectivity index (χ0n) is 12.5. The van der Waals surface area contributed by atoms with E-state index >= 15 is 0 Å². The maximum atomic E-state index is 12.2. The highest BCUT2D eigenvalue weighted by molar-refractivity contribution is 7.89. The maximum absolute atomic E-state index is 12.2. The van der Waals surface area contributed by atoms with E-state index in [4.69, 9.17) is 5.14 Å². The number of amides is 1. The fourth-order valence-corrected chi connectivity index (χ4v) is 3.49. The van der Waals surface area contributed by atoms with Crippen molar-refractivity contribution in [3.63, 3.8) is 0 Å². The molecule has 0 aliphatic heterocycles. The lowest BCUT2D eigenvalue weighted by molar-refractivity contribution is 0.0934. The van der Waals surface area contributed by atoms with Gasteiger partial charge in [0, 0.05) is 12.1 Å². The van der Waals surface area contributed by atoms with Crippen molar-refractivity contribution < 1.29 is 13.2 Å². The number of nitrogens with two attached hydrogens (primary N) is 1. The molecule has 0 radical (unpaired) electrons. The van der Waals surface area contributed by atoms with Crippen molar-refractivity contribution in [2.45, 2.75) is 44.4 Å². The monoisotopic (exact) mass is 310 g/mol. The summed E-state index contributed by atoms with van der Waals surface area (Å²) in [5.74, 6) is -0.253. The Morgan fingerprint density at radius 2 is 1.90 bits per heavy atom. The normalized spacial score (nSPS) is 17.7. The number of rotatable bonds is 4. The molecule has 0 atom stereocenters. The second kappa shape index (κ2) is 5.77. The molecule has 5 nitrogen and oxygen atoms in total. The van der Waals surface area contributed by atoms with E-state index in [0.29, 0.717) is 17.7 Å². The highest BCUT2D eigenvalue weighted by Gasteiger charge is 2.29. The van der Waals surface area contributed by atoms with Crippen LogP contribution in [0.3, 0.4) is 0 Å². The fraction of sp³-hybridized carbons (Fsp3) is 0.533. The Labute approximate surface area is 126 Å². The molecule has 1 amide bonds. The molecule has 1 aromatic carbocycles. The van der Waals surface area contributed by atoms with Crippen molar-refractivity contribution in [2.75, 3.05) is 6.54 Å². The molecule has 0 aromatic heterocycles. The Bertz CT molecular complexity index is 647. The zero-order chi connectivity index (χ0) is 15.7. The fourth-order valence-electron chi connectivity index (χ4n) is 2.84. The number of hydrogen-bond donors (Lipinski definition) is 2. The predicted octanol–water partition coefficient (Wildman–Crippen LogP) is 1.95. The smallest absolute Gasteiger partial charge is 0.251 e.